The summed E-state index contributed by atoms with van der Waals surface area (Å²) in [5.74, 6) is 2.10. The molecule has 0 saturated heterocycles. The van der Waals surface area contributed by atoms with Crippen LogP contribution in [0.15, 0.2) is 36.4 Å². The van der Waals surface area contributed by atoms with Gasteiger partial charge in [0.1, 0.15) is 5.75 Å². The normalized spacial score (nSPS) is 12.3. The second-order valence-electron chi connectivity index (χ2n) is 5.20. The molecule has 25 heavy (non-hydrogen) atoms. The predicted octanol–water partition coefficient (Wildman–Crippen LogP) is 3.34. The van der Waals surface area contributed by atoms with E-state index < -0.39 is 0 Å². The van der Waals surface area contributed by atoms with Gasteiger partial charge in [0.25, 0.3) is 0 Å². The molecule has 1 aliphatic rings. The molecule has 1 heterocycles. The molecule has 0 radical (unpaired) electrons. The first kappa shape index (κ1) is 16.7. The van der Waals surface area contributed by atoms with E-state index in [1.807, 2.05) is 24.3 Å². The Morgan fingerprint density at radius 1 is 1.00 bits per heavy atom. The highest BCUT2D eigenvalue weighted by molar-refractivity contribution is 6.09. The number of hydrogen-bond acceptors (Lipinski definition) is 6. The van der Waals surface area contributed by atoms with E-state index in [1.165, 1.54) is 20.3 Å². The maximum absolute atomic E-state index is 12.6. The van der Waals surface area contributed by atoms with Gasteiger partial charge in [-0.1, -0.05) is 18.2 Å². The third kappa shape index (κ3) is 3.24. The maximum Gasteiger partial charge on any atom is 0.231 e. The topological polar surface area (TPSA) is 63.2 Å². The summed E-state index contributed by atoms with van der Waals surface area (Å²) in [5, 5.41) is 0. The van der Waals surface area contributed by atoms with Crippen LogP contribution < -0.4 is 23.7 Å². The van der Waals surface area contributed by atoms with Gasteiger partial charge in [0, 0.05) is 0 Å². The van der Waals surface area contributed by atoms with Crippen molar-refractivity contribution < 1.29 is 28.5 Å². The van der Waals surface area contributed by atoms with Crippen molar-refractivity contribution in [1.82, 2.24) is 0 Å². The number of ether oxygens (including phenoxy) is 5. The number of hydrogen-bond donors (Lipinski definition) is 0. The van der Waals surface area contributed by atoms with Crippen LogP contribution in [0.4, 0.5) is 0 Å². The summed E-state index contributed by atoms with van der Waals surface area (Å²) in [4.78, 5) is 12.6. The van der Waals surface area contributed by atoms with E-state index in [0.717, 1.165) is 11.3 Å². The Morgan fingerprint density at radius 2 is 1.72 bits per heavy atom. The van der Waals surface area contributed by atoms with Crippen molar-refractivity contribution >= 4 is 11.9 Å². The largest absolute Gasteiger partial charge is 0.497 e. The number of fused-ring (bicyclic) bond motifs is 1. The molecule has 0 N–H and O–H groups in total. The van der Waals surface area contributed by atoms with Crippen LogP contribution in [-0.4, -0.2) is 33.9 Å². The van der Waals surface area contributed by atoms with Gasteiger partial charge in [-0.15, -0.1) is 0 Å². The number of ketones is 1. The number of methoxy groups -OCH3 is 3. The van der Waals surface area contributed by atoms with Crippen molar-refractivity contribution in [1.29, 1.82) is 0 Å². The smallest absolute Gasteiger partial charge is 0.231 e. The minimum absolute atomic E-state index is 0.0569. The average molecular weight is 342 g/mol. The van der Waals surface area contributed by atoms with Crippen LogP contribution in [0.2, 0.25) is 0 Å². The first-order valence-corrected chi connectivity index (χ1v) is 7.59. The van der Waals surface area contributed by atoms with E-state index >= 15 is 0 Å². The number of carbonyl (C=O) groups is 1. The molecule has 0 unspecified atom stereocenters. The van der Waals surface area contributed by atoms with Crippen LogP contribution in [0.5, 0.6) is 28.7 Å². The summed E-state index contributed by atoms with van der Waals surface area (Å²) in [5.41, 5.74) is 1.22. The summed E-state index contributed by atoms with van der Waals surface area (Å²) in [6, 6.07) is 8.97. The lowest BCUT2D eigenvalue weighted by Gasteiger charge is -2.12. The number of carbonyl (C=O) groups excluding carboxylic acids is 1. The van der Waals surface area contributed by atoms with E-state index in [9.17, 15) is 4.79 Å². The van der Waals surface area contributed by atoms with Crippen molar-refractivity contribution in [2.24, 2.45) is 0 Å². The van der Waals surface area contributed by atoms with E-state index in [0.29, 0.717) is 28.6 Å². The quantitative estimate of drug-likeness (QED) is 0.593. The first-order valence-electron chi connectivity index (χ1n) is 7.59. The van der Waals surface area contributed by atoms with Crippen molar-refractivity contribution in [2.45, 2.75) is 0 Å². The SMILES string of the molecule is COc1ccc(/C=C/C(=O)c2cc(OC)c3c(c2OC)OCO3)cc1. The number of allylic oxidation sites excluding steroid dienone is 1. The Labute approximate surface area is 145 Å². The molecule has 2 aromatic carbocycles. The average Bonchev–Trinajstić information content (AvgIpc) is 3.14. The second-order valence-corrected chi connectivity index (χ2v) is 5.20. The Bertz CT molecular complexity index is 808. The van der Waals surface area contributed by atoms with Gasteiger partial charge in [-0.2, -0.15) is 0 Å². The lowest BCUT2D eigenvalue weighted by molar-refractivity contribution is 0.104. The van der Waals surface area contributed by atoms with Gasteiger partial charge in [0.2, 0.25) is 18.3 Å². The third-order valence-corrected chi connectivity index (χ3v) is 3.80. The second kappa shape index (κ2) is 7.17. The molecule has 2 aromatic rings. The molecular weight excluding hydrogens is 324 g/mol. The summed E-state index contributed by atoms with van der Waals surface area (Å²) in [6.45, 7) is 0.0569. The van der Waals surface area contributed by atoms with Crippen molar-refractivity contribution in [2.75, 3.05) is 28.1 Å². The molecule has 0 atom stereocenters. The molecule has 0 aliphatic carbocycles. The number of benzene rings is 2. The van der Waals surface area contributed by atoms with Crippen LogP contribution in [-0.2, 0) is 0 Å². The third-order valence-electron chi connectivity index (χ3n) is 3.80. The molecule has 0 amide bonds. The van der Waals surface area contributed by atoms with Crippen LogP contribution in [0, 0.1) is 0 Å². The fourth-order valence-electron chi connectivity index (χ4n) is 2.53. The van der Waals surface area contributed by atoms with E-state index in [-0.39, 0.29) is 12.6 Å². The van der Waals surface area contributed by atoms with Crippen LogP contribution in [0.25, 0.3) is 6.08 Å². The monoisotopic (exact) mass is 342 g/mol. The van der Waals surface area contributed by atoms with Gasteiger partial charge in [-0.25, -0.2) is 0 Å². The Balaban J connectivity index is 1.92. The molecule has 0 aromatic heterocycles. The number of rotatable bonds is 6. The van der Waals surface area contributed by atoms with Gasteiger partial charge < -0.3 is 23.7 Å². The Morgan fingerprint density at radius 3 is 2.36 bits per heavy atom. The summed E-state index contributed by atoms with van der Waals surface area (Å²) < 4.78 is 26.6. The van der Waals surface area contributed by atoms with Gasteiger partial charge in [-0.3, -0.25) is 4.79 Å². The molecule has 130 valence electrons. The van der Waals surface area contributed by atoms with Gasteiger partial charge in [-0.05, 0) is 29.8 Å². The Hall–Kier alpha value is -3.15. The zero-order valence-corrected chi connectivity index (χ0v) is 14.2. The van der Waals surface area contributed by atoms with Gasteiger partial charge >= 0.3 is 0 Å². The molecule has 1 aliphatic heterocycles. The maximum atomic E-state index is 12.6. The standard InChI is InChI=1S/C19H18O6/c1-21-13-7-4-12(5-8-13)6-9-15(20)14-10-16(22-2)18-19(17(14)23-3)25-11-24-18/h4-10H,11H2,1-3H3/b9-6+. The zero-order valence-electron chi connectivity index (χ0n) is 14.2. The first-order chi connectivity index (χ1) is 12.2. The van der Waals surface area contributed by atoms with E-state index in [2.05, 4.69) is 0 Å². The lowest BCUT2D eigenvalue weighted by Crippen LogP contribution is -2.01. The fraction of sp³-hybridized carbons (Fsp3) is 0.211. The van der Waals surface area contributed by atoms with Crippen molar-refractivity contribution in [3.63, 3.8) is 0 Å². The van der Waals surface area contributed by atoms with Crippen molar-refractivity contribution in [3.05, 3.63) is 47.5 Å². The molecule has 0 spiro atoms. The zero-order chi connectivity index (χ0) is 17.8. The Kier molecular flexibility index (Phi) is 4.79. The minimum Gasteiger partial charge on any atom is -0.497 e. The van der Waals surface area contributed by atoms with Gasteiger partial charge in [0.05, 0.1) is 26.9 Å². The molecule has 0 bridgehead atoms. The lowest BCUT2D eigenvalue weighted by atomic mass is 10.1. The van der Waals surface area contributed by atoms with E-state index in [1.54, 1.807) is 19.3 Å². The summed E-state index contributed by atoms with van der Waals surface area (Å²) in [7, 11) is 4.59. The summed E-state index contributed by atoms with van der Waals surface area (Å²) in [6.07, 6.45) is 3.19. The highest BCUT2D eigenvalue weighted by Gasteiger charge is 2.28. The molecule has 3 rings (SSSR count). The highest BCUT2D eigenvalue weighted by Crippen LogP contribution is 2.49. The van der Waals surface area contributed by atoms with Crippen molar-refractivity contribution in [3.8, 4) is 28.7 Å². The molecule has 6 heteroatoms. The minimum atomic E-state index is -0.232. The highest BCUT2D eigenvalue weighted by atomic mass is 16.7. The van der Waals surface area contributed by atoms with Crippen LogP contribution in [0.3, 0.4) is 0 Å². The van der Waals surface area contributed by atoms with Gasteiger partial charge in [0.15, 0.2) is 17.3 Å². The molecular formula is C19H18O6. The van der Waals surface area contributed by atoms with E-state index in [4.69, 9.17) is 23.7 Å². The fourth-order valence-corrected chi connectivity index (χ4v) is 2.53. The molecule has 6 nitrogen and oxygen atoms in total. The van der Waals surface area contributed by atoms with Crippen LogP contribution >= 0.6 is 0 Å². The molecule has 0 saturated carbocycles. The predicted molar refractivity (Wildman–Crippen MR) is 92.0 cm³/mol. The molecule has 0 fully saturated rings. The van der Waals surface area contributed by atoms with Crippen LogP contribution in [0.1, 0.15) is 15.9 Å². The summed E-state index contributed by atoms with van der Waals surface area (Å²) >= 11 is 0.